The van der Waals surface area contributed by atoms with Crippen molar-refractivity contribution in [3.8, 4) is 11.5 Å². The smallest absolute Gasteiger partial charge is 0.126 e. The van der Waals surface area contributed by atoms with Gasteiger partial charge in [-0.2, -0.15) is 0 Å². The molecule has 196 valence electrons. The molecule has 0 unspecified atom stereocenters. The molecule has 0 amide bonds. The van der Waals surface area contributed by atoms with Gasteiger partial charge < -0.3 is 9.47 Å². The third-order valence-corrected chi connectivity index (χ3v) is 6.72. The summed E-state index contributed by atoms with van der Waals surface area (Å²) in [5.41, 5.74) is 1.03. The van der Waals surface area contributed by atoms with E-state index in [1.807, 2.05) is 18.2 Å². The van der Waals surface area contributed by atoms with Gasteiger partial charge in [0.05, 0.1) is 13.2 Å². The molecule has 34 heavy (non-hydrogen) atoms. The molecule has 1 aromatic rings. The van der Waals surface area contributed by atoms with Crippen molar-refractivity contribution in [2.75, 3.05) is 13.2 Å². The molecule has 0 aliphatic heterocycles. The second-order valence-corrected chi connectivity index (χ2v) is 9.96. The van der Waals surface area contributed by atoms with Gasteiger partial charge in [0.15, 0.2) is 0 Å². The lowest BCUT2D eigenvalue weighted by atomic mass is 10.1. The van der Waals surface area contributed by atoms with E-state index in [0.29, 0.717) is 0 Å². The van der Waals surface area contributed by atoms with E-state index in [4.69, 9.17) is 9.47 Å². The van der Waals surface area contributed by atoms with Gasteiger partial charge in [-0.15, -0.1) is 0 Å². The van der Waals surface area contributed by atoms with E-state index < -0.39 is 0 Å². The van der Waals surface area contributed by atoms with E-state index >= 15 is 0 Å². The summed E-state index contributed by atoms with van der Waals surface area (Å²) in [6.45, 7) is 10.1. The Morgan fingerprint density at radius 3 is 1.41 bits per heavy atom. The number of hydrogen-bond donors (Lipinski definition) is 0. The summed E-state index contributed by atoms with van der Waals surface area (Å²) in [6.07, 6.45) is 28.8. The highest BCUT2D eigenvalue weighted by molar-refractivity contribution is 5.58. The van der Waals surface area contributed by atoms with Crippen LogP contribution in [0.4, 0.5) is 0 Å². The van der Waals surface area contributed by atoms with Gasteiger partial charge in [0.2, 0.25) is 0 Å². The number of hydrogen-bond acceptors (Lipinski definition) is 2. The minimum absolute atomic E-state index is 0.788. The third-order valence-electron chi connectivity index (χ3n) is 6.72. The molecule has 2 heteroatoms. The van der Waals surface area contributed by atoms with Crippen LogP contribution < -0.4 is 9.47 Å². The lowest BCUT2D eigenvalue weighted by molar-refractivity contribution is 0.295. The molecule has 0 bridgehead atoms. The molecule has 0 radical (unpaired) electrons. The van der Waals surface area contributed by atoms with Gasteiger partial charge >= 0.3 is 0 Å². The Hall–Kier alpha value is -1.44. The van der Waals surface area contributed by atoms with Crippen molar-refractivity contribution < 1.29 is 9.47 Å². The van der Waals surface area contributed by atoms with Crippen LogP contribution in [0.25, 0.3) is 6.08 Å². The van der Waals surface area contributed by atoms with Crippen molar-refractivity contribution in [3.63, 3.8) is 0 Å². The van der Waals surface area contributed by atoms with E-state index in [9.17, 15) is 0 Å². The zero-order valence-corrected chi connectivity index (χ0v) is 22.9. The molecular formula is C32H56O2. The first-order valence-electron chi connectivity index (χ1n) is 14.8. The first-order valence-corrected chi connectivity index (χ1v) is 14.8. The van der Waals surface area contributed by atoms with Gasteiger partial charge in [-0.25, -0.2) is 0 Å². The predicted octanol–water partition coefficient (Wildman–Crippen LogP) is 10.9. The van der Waals surface area contributed by atoms with Gasteiger partial charge in [-0.3, -0.25) is 0 Å². The maximum Gasteiger partial charge on any atom is 0.126 e. The highest BCUT2D eigenvalue weighted by atomic mass is 16.5. The van der Waals surface area contributed by atoms with Crippen molar-refractivity contribution >= 4 is 6.08 Å². The van der Waals surface area contributed by atoms with Gasteiger partial charge in [-0.05, 0) is 31.0 Å². The maximum atomic E-state index is 6.04. The van der Waals surface area contributed by atoms with Crippen LogP contribution in [-0.4, -0.2) is 13.2 Å². The van der Waals surface area contributed by atoms with Crippen LogP contribution in [0.2, 0.25) is 0 Å². The monoisotopic (exact) mass is 472 g/mol. The largest absolute Gasteiger partial charge is 0.494 e. The SMILES string of the molecule is C=Cc1cc(OCCCCCCCCCCCC)ccc1OCCCCCCCCCCCC. The molecule has 1 aromatic carbocycles. The molecule has 0 aliphatic carbocycles. The topological polar surface area (TPSA) is 18.5 Å². The van der Waals surface area contributed by atoms with E-state index in [2.05, 4.69) is 26.5 Å². The van der Waals surface area contributed by atoms with Crippen LogP contribution in [0.5, 0.6) is 11.5 Å². The highest BCUT2D eigenvalue weighted by Crippen LogP contribution is 2.26. The average Bonchev–Trinajstić information content (AvgIpc) is 2.86. The summed E-state index contributed by atoms with van der Waals surface area (Å²) in [5, 5.41) is 0. The van der Waals surface area contributed by atoms with Crippen LogP contribution in [0, 0.1) is 0 Å². The molecule has 0 spiro atoms. The van der Waals surface area contributed by atoms with Gasteiger partial charge in [0.1, 0.15) is 11.5 Å². The number of rotatable bonds is 25. The molecular weight excluding hydrogens is 416 g/mol. The zero-order valence-electron chi connectivity index (χ0n) is 22.9. The van der Waals surface area contributed by atoms with E-state index in [-0.39, 0.29) is 0 Å². The quantitative estimate of drug-likeness (QED) is 0.132. The van der Waals surface area contributed by atoms with Crippen molar-refractivity contribution in [3.05, 3.63) is 30.3 Å². The third kappa shape index (κ3) is 17.1. The van der Waals surface area contributed by atoms with Crippen molar-refractivity contribution in [1.29, 1.82) is 0 Å². The number of ether oxygens (including phenoxy) is 2. The van der Waals surface area contributed by atoms with Gasteiger partial charge in [-0.1, -0.05) is 142 Å². The summed E-state index contributed by atoms with van der Waals surface area (Å²) in [7, 11) is 0. The van der Waals surface area contributed by atoms with E-state index in [1.54, 1.807) is 0 Å². The van der Waals surface area contributed by atoms with E-state index in [1.165, 1.54) is 116 Å². The summed E-state index contributed by atoms with van der Waals surface area (Å²) in [4.78, 5) is 0. The lowest BCUT2D eigenvalue weighted by Gasteiger charge is -2.12. The summed E-state index contributed by atoms with van der Waals surface area (Å²) in [5.74, 6) is 1.86. The minimum Gasteiger partial charge on any atom is -0.494 e. The number of unbranched alkanes of at least 4 members (excludes halogenated alkanes) is 18. The molecule has 1 rings (SSSR count). The standard InChI is InChI=1S/C32H56O2/c1-4-7-9-11-13-15-17-19-21-23-27-33-31-25-26-32(30(6-3)29-31)34-28-24-22-20-18-16-14-12-10-8-5-2/h6,25-26,29H,3-5,7-24,27-28H2,1-2H3. The highest BCUT2D eigenvalue weighted by Gasteiger charge is 2.04. The van der Waals surface area contributed by atoms with Crippen molar-refractivity contribution in [2.24, 2.45) is 0 Å². The second kappa shape index (κ2) is 23.3. The predicted molar refractivity (Wildman–Crippen MR) is 151 cm³/mol. The van der Waals surface area contributed by atoms with Crippen molar-refractivity contribution in [1.82, 2.24) is 0 Å². The second-order valence-electron chi connectivity index (χ2n) is 9.96. The summed E-state index contributed by atoms with van der Waals surface area (Å²) in [6, 6.07) is 6.15. The molecule has 0 aliphatic rings. The molecule has 2 nitrogen and oxygen atoms in total. The average molecular weight is 473 g/mol. The first-order chi connectivity index (χ1) is 16.8. The Bertz CT molecular complexity index is 580. The van der Waals surface area contributed by atoms with Gasteiger partial charge in [0, 0.05) is 5.56 Å². The molecule has 0 saturated carbocycles. The molecule has 0 aromatic heterocycles. The van der Waals surface area contributed by atoms with Crippen LogP contribution in [0.15, 0.2) is 24.8 Å². The maximum absolute atomic E-state index is 6.04. The summed E-state index contributed by atoms with van der Waals surface area (Å²) < 4.78 is 12.0. The van der Waals surface area contributed by atoms with E-state index in [0.717, 1.165) is 43.1 Å². The Morgan fingerprint density at radius 2 is 0.971 bits per heavy atom. The molecule has 0 N–H and O–H groups in total. The molecule has 0 saturated heterocycles. The normalized spacial score (nSPS) is 11.0. The fourth-order valence-corrected chi connectivity index (χ4v) is 4.46. The van der Waals surface area contributed by atoms with Gasteiger partial charge in [0.25, 0.3) is 0 Å². The Kier molecular flexibility index (Phi) is 21.0. The minimum atomic E-state index is 0.788. The summed E-state index contributed by atoms with van der Waals surface area (Å²) >= 11 is 0. The van der Waals surface area contributed by atoms with Crippen molar-refractivity contribution in [2.45, 2.75) is 142 Å². The first kappa shape index (κ1) is 30.6. The van der Waals surface area contributed by atoms with Crippen LogP contribution in [-0.2, 0) is 0 Å². The zero-order chi connectivity index (χ0) is 24.5. The number of benzene rings is 1. The Morgan fingerprint density at radius 1 is 0.559 bits per heavy atom. The molecule has 0 atom stereocenters. The Labute approximate surface area is 212 Å². The molecule has 0 heterocycles. The fraction of sp³-hybridized carbons (Fsp3) is 0.750. The molecule has 0 fully saturated rings. The fourth-order valence-electron chi connectivity index (χ4n) is 4.46. The van der Waals surface area contributed by atoms with Crippen LogP contribution in [0.3, 0.4) is 0 Å². The van der Waals surface area contributed by atoms with Crippen LogP contribution in [0.1, 0.15) is 148 Å². The van der Waals surface area contributed by atoms with Crippen LogP contribution >= 0.6 is 0 Å². The lowest BCUT2D eigenvalue weighted by Crippen LogP contribution is -2.01. The Balaban J connectivity index is 2.06.